The molecule has 0 saturated carbocycles. The largest absolute Gasteiger partial charge is 0.497 e. The van der Waals surface area contributed by atoms with Crippen molar-refractivity contribution in [2.24, 2.45) is 0 Å². The van der Waals surface area contributed by atoms with Gasteiger partial charge in [-0.05, 0) is 47.9 Å². The lowest BCUT2D eigenvalue weighted by Crippen LogP contribution is -2.48. The normalized spacial score (nSPS) is 12.4. The first-order chi connectivity index (χ1) is 16.4. The molecule has 3 aromatic carbocycles. The number of carbonyl (C=O) groups excluding carboxylic acids is 2. The average Bonchev–Trinajstić information content (AvgIpc) is 2.84. The highest BCUT2D eigenvalue weighted by molar-refractivity contribution is 5.97. The van der Waals surface area contributed by atoms with E-state index in [1.807, 2.05) is 54.6 Å². The highest BCUT2D eigenvalue weighted by Gasteiger charge is 2.22. The minimum absolute atomic E-state index is 0.211. The molecule has 0 aliphatic heterocycles. The second-order valence-corrected chi connectivity index (χ2v) is 8.08. The number of aliphatic hydroxyl groups excluding tert-OH is 1. The van der Waals surface area contributed by atoms with Gasteiger partial charge in [0.25, 0.3) is 5.91 Å². The van der Waals surface area contributed by atoms with Gasteiger partial charge in [-0.3, -0.25) is 9.59 Å². The van der Waals surface area contributed by atoms with E-state index in [0.29, 0.717) is 30.8 Å². The van der Waals surface area contributed by atoms with E-state index >= 15 is 0 Å². The van der Waals surface area contributed by atoms with Gasteiger partial charge in [0.15, 0.2) is 0 Å². The topological polar surface area (TPSA) is 99.7 Å². The molecule has 0 radical (unpaired) electrons. The lowest BCUT2D eigenvalue weighted by atomic mass is 10.00. The van der Waals surface area contributed by atoms with Gasteiger partial charge in [0, 0.05) is 31.3 Å². The molecule has 0 saturated heterocycles. The molecule has 2 amide bonds. The van der Waals surface area contributed by atoms with Crippen molar-refractivity contribution in [1.82, 2.24) is 10.6 Å². The second-order valence-electron chi connectivity index (χ2n) is 8.08. The smallest absolute Gasteiger partial charge is 0.251 e. The third kappa shape index (κ3) is 7.72. The maximum atomic E-state index is 13.0. The highest BCUT2D eigenvalue weighted by atomic mass is 16.5. The minimum atomic E-state index is -0.826. The van der Waals surface area contributed by atoms with Crippen LogP contribution in [0, 0.1) is 0 Å². The number of hydrogen-bond acceptors (Lipinski definition) is 5. The molecule has 4 N–H and O–H groups in total. The number of carbonyl (C=O) groups is 2. The Morgan fingerprint density at radius 2 is 1.68 bits per heavy atom. The summed E-state index contributed by atoms with van der Waals surface area (Å²) in [7, 11) is 1.62. The average molecular weight is 462 g/mol. The first kappa shape index (κ1) is 25.0. The first-order valence-corrected chi connectivity index (χ1v) is 11.2. The van der Waals surface area contributed by atoms with Crippen molar-refractivity contribution in [3.8, 4) is 5.75 Å². The Balaban J connectivity index is 1.67. The van der Waals surface area contributed by atoms with Gasteiger partial charge < -0.3 is 25.8 Å². The second kappa shape index (κ2) is 12.5. The molecule has 3 rings (SSSR count). The van der Waals surface area contributed by atoms with Gasteiger partial charge in [-0.1, -0.05) is 48.5 Å². The molecule has 7 heteroatoms. The molecule has 0 aliphatic carbocycles. The van der Waals surface area contributed by atoms with Gasteiger partial charge >= 0.3 is 0 Å². The fraction of sp³-hybridized carbons (Fsp3) is 0.259. The number of nitrogens with one attached hydrogen (secondary N) is 3. The van der Waals surface area contributed by atoms with E-state index in [1.54, 1.807) is 31.4 Å². The van der Waals surface area contributed by atoms with Crippen LogP contribution in [0.3, 0.4) is 0 Å². The Kier molecular flexibility index (Phi) is 9.20. The van der Waals surface area contributed by atoms with E-state index in [4.69, 9.17) is 4.74 Å². The number of rotatable bonds is 11. The van der Waals surface area contributed by atoms with Gasteiger partial charge in [-0.15, -0.1) is 0 Å². The summed E-state index contributed by atoms with van der Waals surface area (Å²) < 4.78 is 5.25. The third-order valence-electron chi connectivity index (χ3n) is 5.34. The first-order valence-electron chi connectivity index (χ1n) is 11.2. The summed E-state index contributed by atoms with van der Waals surface area (Å²) in [5, 5.41) is 19.9. The van der Waals surface area contributed by atoms with Crippen molar-refractivity contribution in [2.45, 2.75) is 32.0 Å². The number of hydrogen-bond donors (Lipinski definition) is 4. The highest BCUT2D eigenvalue weighted by Crippen LogP contribution is 2.14. The number of amides is 2. The quantitative estimate of drug-likeness (QED) is 0.352. The molecule has 0 bridgehead atoms. The van der Waals surface area contributed by atoms with Crippen molar-refractivity contribution in [3.63, 3.8) is 0 Å². The van der Waals surface area contributed by atoms with E-state index in [9.17, 15) is 14.7 Å². The molecule has 0 heterocycles. The Morgan fingerprint density at radius 3 is 2.41 bits per heavy atom. The third-order valence-corrected chi connectivity index (χ3v) is 5.34. The zero-order valence-electron chi connectivity index (χ0n) is 19.5. The Bertz CT molecular complexity index is 1090. The van der Waals surface area contributed by atoms with Crippen LogP contribution in [0.1, 0.15) is 28.4 Å². The molecule has 0 fully saturated rings. The number of ether oxygens (including phenoxy) is 1. The predicted molar refractivity (Wildman–Crippen MR) is 133 cm³/mol. The summed E-state index contributed by atoms with van der Waals surface area (Å²) in [6, 6.07) is 23.6. The molecule has 0 unspecified atom stereocenters. The van der Waals surface area contributed by atoms with Crippen LogP contribution >= 0.6 is 0 Å². The van der Waals surface area contributed by atoms with Crippen LogP contribution in [0.4, 0.5) is 5.69 Å². The summed E-state index contributed by atoms with van der Waals surface area (Å²) in [6.45, 7) is 2.26. The van der Waals surface area contributed by atoms with Gasteiger partial charge in [0.2, 0.25) is 5.91 Å². The molecule has 0 aromatic heterocycles. The summed E-state index contributed by atoms with van der Waals surface area (Å²) in [5.41, 5.74) is 2.98. The molecular formula is C27H31N3O4. The van der Waals surface area contributed by atoms with Crippen molar-refractivity contribution in [3.05, 3.63) is 95.6 Å². The van der Waals surface area contributed by atoms with Gasteiger partial charge in [-0.25, -0.2) is 0 Å². The Hall–Kier alpha value is -3.68. The van der Waals surface area contributed by atoms with Gasteiger partial charge in [-0.2, -0.15) is 0 Å². The van der Waals surface area contributed by atoms with Gasteiger partial charge in [0.05, 0.1) is 19.3 Å². The minimum Gasteiger partial charge on any atom is -0.497 e. The molecule has 3 aromatic rings. The van der Waals surface area contributed by atoms with E-state index in [-0.39, 0.29) is 11.8 Å². The summed E-state index contributed by atoms with van der Waals surface area (Å²) in [5.74, 6) is 0.243. The Labute approximate surface area is 200 Å². The lowest BCUT2D eigenvalue weighted by Gasteiger charge is -2.25. The van der Waals surface area contributed by atoms with Crippen LogP contribution in [0.2, 0.25) is 0 Å². The number of methoxy groups -OCH3 is 1. The predicted octanol–water partition coefficient (Wildman–Crippen LogP) is 3.15. The van der Waals surface area contributed by atoms with Crippen LogP contribution in [-0.2, 0) is 17.8 Å². The van der Waals surface area contributed by atoms with E-state index in [2.05, 4.69) is 16.0 Å². The Morgan fingerprint density at radius 1 is 0.941 bits per heavy atom. The van der Waals surface area contributed by atoms with Crippen molar-refractivity contribution < 1.29 is 19.4 Å². The van der Waals surface area contributed by atoms with E-state index < -0.39 is 12.1 Å². The monoisotopic (exact) mass is 461 g/mol. The summed E-state index contributed by atoms with van der Waals surface area (Å²) in [4.78, 5) is 24.3. The van der Waals surface area contributed by atoms with Crippen molar-refractivity contribution in [1.29, 1.82) is 0 Å². The molecular weight excluding hydrogens is 430 g/mol. The maximum absolute atomic E-state index is 13.0. The molecule has 0 spiro atoms. The van der Waals surface area contributed by atoms with Crippen LogP contribution in [0.5, 0.6) is 5.75 Å². The zero-order valence-corrected chi connectivity index (χ0v) is 19.5. The molecule has 7 nitrogen and oxygen atoms in total. The van der Waals surface area contributed by atoms with Crippen LogP contribution in [0.25, 0.3) is 0 Å². The molecule has 0 aliphatic rings. The van der Waals surface area contributed by atoms with Crippen LogP contribution in [-0.4, -0.2) is 42.7 Å². The fourth-order valence-corrected chi connectivity index (χ4v) is 3.63. The summed E-state index contributed by atoms with van der Waals surface area (Å²) in [6.07, 6.45) is -0.353. The van der Waals surface area contributed by atoms with Crippen LogP contribution in [0.15, 0.2) is 78.9 Å². The zero-order chi connectivity index (χ0) is 24.3. The number of aliphatic hydroxyl groups is 1. The standard InChI is InChI=1S/C27H31N3O4/c1-19(31)29-23-12-7-11-22(16-23)27(33)30-25(15-20-8-4-3-5-9-20)26(32)18-28-17-21-10-6-13-24(14-21)34-2/h3-14,16,25-26,28,32H,15,17-18H2,1-2H3,(H,29,31)(H,30,33)/t25-,26+/m0/s1. The lowest BCUT2D eigenvalue weighted by molar-refractivity contribution is -0.114. The van der Waals surface area contributed by atoms with Crippen LogP contribution < -0.4 is 20.7 Å². The summed E-state index contributed by atoms with van der Waals surface area (Å²) >= 11 is 0. The number of anilines is 1. The molecule has 178 valence electrons. The molecule has 2 atom stereocenters. The van der Waals surface area contributed by atoms with E-state index in [1.165, 1.54) is 6.92 Å². The van der Waals surface area contributed by atoms with E-state index in [0.717, 1.165) is 16.9 Å². The van der Waals surface area contributed by atoms with Crippen molar-refractivity contribution >= 4 is 17.5 Å². The van der Waals surface area contributed by atoms with Gasteiger partial charge in [0.1, 0.15) is 5.75 Å². The SMILES string of the molecule is COc1cccc(CNC[C@@H](O)[C@H](Cc2ccccc2)NC(=O)c2cccc(NC(C)=O)c2)c1. The molecule has 34 heavy (non-hydrogen) atoms. The maximum Gasteiger partial charge on any atom is 0.251 e. The number of benzene rings is 3. The van der Waals surface area contributed by atoms with Crippen molar-refractivity contribution in [2.75, 3.05) is 19.0 Å². The fourth-order valence-electron chi connectivity index (χ4n) is 3.63.